The molecule has 1 radical (unpaired) electrons. The minimum atomic E-state index is -0.556. The molecule has 2 atom stereocenters. The summed E-state index contributed by atoms with van der Waals surface area (Å²) in [6.07, 6.45) is 17.9. The summed E-state index contributed by atoms with van der Waals surface area (Å²) >= 11 is 0. The molecule has 4 nitrogen and oxygen atoms in total. The number of unbranched alkanes of at least 4 members (excludes halogenated alkanes) is 9. The predicted octanol–water partition coefficient (Wildman–Crippen LogP) is 7.19. The standard InChI is InChI=1S/C25H48NO3/c1-6-9-10-11-12-13-14-15-16-17-18-22-19-28-25(29-22)20-23(4,5)26(27)24(7-2,8-3)21-25/h22H,6-21H2,1-5H3. The number of rotatable bonds is 13. The molecular formula is C25H48NO3. The van der Waals surface area contributed by atoms with Gasteiger partial charge in [0.1, 0.15) is 0 Å². The Morgan fingerprint density at radius 3 is 1.93 bits per heavy atom. The minimum Gasteiger partial charge on any atom is -0.347 e. The van der Waals surface area contributed by atoms with Crippen LogP contribution in [-0.2, 0) is 14.7 Å². The summed E-state index contributed by atoms with van der Waals surface area (Å²) < 4.78 is 12.8. The van der Waals surface area contributed by atoms with Crippen LogP contribution in [0.4, 0.5) is 0 Å². The molecule has 4 heteroatoms. The second-order valence-electron chi connectivity index (χ2n) is 10.3. The first-order valence-corrected chi connectivity index (χ1v) is 12.6. The van der Waals surface area contributed by atoms with Crippen LogP contribution in [0.5, 0.6) is 0 Å². The van der Waals surface area contributed by atoms with Crippen molar-refractivity contribution in [3.8, 4) is 0 Å². The van der Waals surface area contributed by atoms with Gasteiger partial charge < -0.3 is 9.47 Å². The van der Waals surface area contributed by atoms with Gasteiger partial charge in [0.25, 0.3) is 0 Å². The Morgan fingerprint density at radius 1 is 0.828 bits per heavy atom. The zero-order valence-electron chi connectivity index (χ0n) is 20.1. The molecule has 2 heterocycles. The Labute approximate surface area is 180 Å². The van der Waals surface area contributed by atoms with Crippen LogP contribution >= 0.6 is 0 Å². The van der Waals surface area contributed by atoms with Crippen molar-refractivity contribution in [1.82, 2.24) is 5.06 Å². The van der Waals surface area contributed by atoms with E-state index in [4.69, 9.17) is 9.47 Å². The molecular weight excluding hydrogens is 362 g/mol. The molecule has 171 valence electrons. The van der Waals surface area contributed by atoms with Crippen molar-refractivity contribution >= 4 is 0 Å². The summed E-state index contributed by atoms with van der Waals surface area (Å²) in [5.74, 6) is -0.556. The molecule has 0 N–H and O–H groups in total. The van der Waals surface area contributed by atoms with Crippen molar-refractivity contribution in [2.45, 2.75) is 154 Å². The molecule has 0 bridgehead atoms. The van der Waals surface area contributed by atoms with Gasteiger partial charge in [-0.15, -0.1) is 10.3 Å². The van der Waals surface area contributed by atoms with Gasteiger partial charge in [-0.05, 0) is 33.1 Å². The quantitative estimate of drug-likeness (QED) is 0.302. The number of ether oxygens (including phenoxy) is 2. The molecule has 2 aliphatic heterocycles. The number of nitrogens with zero attached hydrogens (tertiary/aromatic N) is 1. The molecule has 0 aromatic rings. The van der Waals surface area contributed by atoms with Crippen molar-refractivity contribution in [3.63, 3.8) is 0 Å². The van der Waals surface area contributed by atoms with E-state index in [2.05, 4.69) is 20.8 Å². The van der Waals surface area contributed by atoms with E-state index in [1.807, 2.05) is 13.8 Å². The maximum absolute atomic E-state index is 13.0. The van der Waals surface area contributed by atoms with E-state index in [-0.39, 0.29) is 11.6 Å². The van der Waals surface area contributed by atoms with E-state index < -0.39 is 11.3 Å². The fraction of sp³-hybridized carbons (Fsp3) is 1.00. The maximum Gasteiger partial charge on any atom is 0.172 e. The summed E-state index contributed by atoms with van der Waals surface area (Å²) in [6, 6.07) is 0. The van der Waals surface area contributed by atoms with E-state index in [1.54, 1.807) is 0 Å². The lowest BCUT2D eigenvalue weighted by atomic mass is 9.73. The number of piperidine rings is 1. The molecule has 0 saturated carbocycles. The van der Waals surface area contributed by atoms with Crippen LogP contribution in [0.2, 0.25) is 0 Å². The normalized spacial score (nSPS) is 29.0. The third-order valence-electron chi connectivity index (χ3n) is 7.39. The van der Waals surface area contributed by atoms with Crippen LogP contribution in [0.1, 0.15) is 131 Å². The van der Waals surface area contributed by atoms with Gasteiger partial charge in [-0.25, -0.2) is 0 Å². The average Bonchev–Trinajstić information content (AvgIpc) is 3.07. The summed E-state index contributed by atoms with van der Waals surface area (Å²) in [7, 11) is 0. The topological polar surface area (TPSA) is 41.6 Å². The first-order valence-electron chi connectivity index (χ1n) is 12.6. The van der Waals surface area contributed by atoms with Crippen molar-refractivity contribution in [1.29, 1.82) is 0 Å². The van der Waals surface area contributed by atoms with Gasteiger partial charge in [0.05, 0.1) is 18.2 Å². The number of hydroxylamine groups is 2. The number of hydrogen-bond donors (Lipinski definition) is 0. The van der Waals surface area contributed by atoms with Gasteiger partial charge >= 0.3 is 0 Å². The van der Waals surface area contributed by atoms with Crippen LogP contribution in [0, 0.1) is 0 Å². The van der Waals surface area contributed by atoms with Crippen LogP contribution in [-0.4, -0.2) is 34.6 Å². The SMILES string of the molecule is CCCCCCCCCCCCC1COC2(CC(C)(C)N([O])C(CC)(CC)C2)O1. The first kappa shape index (κ1) is 25.1. The molecule has 2 rings (SSSR count). The Balaban J connectivity index is 1.70. The van der Waals surface area contributed by atoms with Gasteiger partial charge in [0.2, 0.25) is 0 Å². The van der Waals surface area contributed by atoms with Crippen LogP contribution < -0.4 is 0 Å². The fourth-order valence-corrected chi connectivity index (χ4v) is 5.60. The molecule has 0 aliphatic carbocycles. The van der Waals surface area contributed by atoms with Gasteiger partial charge in [0, 0.05) is 18.4 Å². The Bertz CT molecular complexity index is 463. The summed E-state index contributed by atoms with van der Waals surface area (Å²) in [6.45, 7) is 11.3. The smallest absolute Gasteiger partial charge is 0.172 e. The monoisotopic (exact) mass is 410 g/mol. The van der Waals surface area contributed by atoms with Crippen LogP contribution in [0.3, 0.4) is 0 Å². The van der Waals surface area contributed by atoms with Crippen molar-refractivity contribution in [2.24, 2.45) is 0 Å². The molecule has 29 heavy (non-hydrogen) atoms. The minimum absolute atomic E-state index is 0.199. The van der Waals surface area contributed by atoms with Crippen LogP contribution in [0.25, 0.3) is 0 Å². The molecule has 1 spiro atoms. The molecule has 0 amide bonds. The molecule has 0 aromatic heterocycles. The molecule has 2 unspecified atom stereocenters. The fourth-order valence-electron chi connectivity index (χ4n) is 5.60. The van der Waals surface area contributed by atoms with Crippen molar-refractivity contribution < 1.29 is 14.7 Å². The van der Waals surface area contributed by atoms with Gasteiger partial charge in [-0.2, -0.15) is 0 Å². The third-order valence-corrected chi connectivity index (χ3v) is 7.39. The zero-order chi connectivity index (χ0) is 21.4. The Hall–Kier alpha value is -0.160. The highest BCUT2D eigenvalue weighted by Crippen LogP contribution is 2.50. The highest BCUT2D eigenvalue weighted by atomic mass is 16.7. The second kappa shape index (κ2) is 11.5. The van der Waals surface area contributed by atoms with Gasteiger partial charge in [-0.1, -0.05) is 85.0 Å². The highest BCUT2D eigenvalue weighted by Gasteiger charge is 2.59. The van der Waals surface area contributed by atoms with E-state index in [9.17, 15) is 5.21 Å². The van der Waals surface area contributed by atoms with Crippen LogP contribution in [0.15, 0.2) is 0 Å². The highest BCUT2D eigenvalue weighted by molar-refractivity contribution is 5.05. The van der Waals surface area contributed by atoms with Gasteiger partial charge in [-0.3, -0.25) is 0 Å². The summed E-state index contributed by atoms with van der Waals surface area (Å²) in [5.41, 5.74) is -0.815. The van der Waals surface area contributed by atoms with E-state index in [0.717, 1.165) is 19.3 Å². The predicted molar refractivity (Wildman–Crippen MR) is 119 cm³/mol. The lowest BCUT2D eigenvalue weighted by Gasteiger charge is -2.55. The van der Waals surface area contributed by atoms with E-state index in [0.29, 0.717) is 19.4 Å². The second-order valence-corrected chi connectivity index (χ2v) is 10.3. The summed E-state index contributed by atoms with van der Waals surface area (Å²) in [5, 5.41) is 14.4. The van der Waals surface area contributed by atoms with E-state index >= 15 is 0 Å². The van der Waals surface area contributed by atoms with E-state index in [1.165, 1.54) is 69.3 Å². The first-order chi connectivity index (χ1) is 13.8. The summed E-state index contributed by atoms with van der Waals surface area (Å²) in [4.78, 5) is 0. The zero-order valence-corrected chi connectivity index (χ0v) is 20.1. The van der Waals surface area contributed by atoms with Crippen molar-refractivity contribution in [2.75, 3.05) is 6.61 Å². The molecule has 2 saturated heterocycles. The Morgan fingerprint density at radius 2 is 1.38 bits per heavy atom. The van der Waals surface area contributed by atoms with Crippen molar-refractivity contribution in [3.05, 3.63) is 0 Å². The number of hydrogen-bond acceptors (Lipinski definition) is 3. The average molecular weight is 411 g/mol. The lowest BCUT2D eigenvalue weighted by Crippen LogP contribution is -2.65. The molecule has 2 aliphatic rings. The Kier molecular flexibility index (Phi) is 9.92. The third kappa shape index (κ3) is 6.66. The molecule has 2 fully saturated rings. The lowest BCUT2D eigenvalue weighted by molar-refractivity contribution is -0.352. The maximum atomic E-state index is 13.0. The van der Waals surface area contributed by atoms with Gasteiger partial charge in [0.15, 0.2) is 5.79 Å². The largest absolute Gasteiger partial charge is 0.347 e. The molecule has 0 aromatic carbocycles.